The van der Waals surface area contributed by atoms with Crippen LogP contribution in [0.25, 0.3) is 0 Å². The van der Waals surface area contributed by atoms with E-state index in [2.05, 4.69) is 19.2 Å². The van der Waals surface area contributed by atoms with E-state index < -0.39 is 28.5 Å². The SMILES string of the molecule is C/C=C/C(=O)OCC(=O)Nc1ccc(S(=O)(=O)N2C[C@H](C)C[C@H](C)C2)cc1. The first-order chi connectivity index (χ1) is 12.7. The largest absolute Gasteiger partial charge is 0.452 e. The molecular weight excluding hydrogens is 368 g/mol. The number of allylic oxidation sites excluding steroid dienone is 1. The summed E-state index contributed by atoms with van der Waals surface area (Å²) in [6, 6.07) is 5.99. The highest BCUT2D eigenvalue weighted by atomic mass is 32.2. The number of nitrogens with zero attached hydrogens (tertiary/aromatic N) is 1. The molecule has 1 fully saturated rings. The predicted octanol–water partition coefficient (Wildman–Crippen LogP) is 2.41. The van der Waals surface area contributed by atoms with Crippen molar-refractivity contribution in [1.29, 1.82) is 0 Å². The molecule has 27 heavy (non-hydrogen) atoms. The van der Waals surface area contributed by atoms with E-state index in [0.29, 0.717) is 30.6 Å². The molecule has 0 spiro atoms. The van der Waals surface area contributed by atoms with Crippen molar-refractivity contribution in [3.05, 3.63) is 36.4 Å². The zero-order valence-electron chi connectivity index (χ0n) is 15.8. The highest BCUT2D eigenvalue weighted by Crippen LogP contribution is 2.27. The van der Waals surface area contributed by atoms with Gasteiger partial charge in [0.05, 0.1) is 4.90 Å². The summed E-state index contributed by atoms with van der Waals surface area (Å²) in [5, 5.41) is 2.56. The van der Waals surface area contributed by atoms with Crippen LogP contribution in [-0.2, 0) is 24.3 Å². The van der Waals surface area contributed by atoms with E-state index in [-0.39, 0.29) is 4.90 Å². The number of carbonyl (C=O) groups is 2. The zero-order chi connectivity index (χ0) is 20.0. The van der Waals surface area contributed by atoms with E-state index >= 15 is 0 Å². The molecule has 0 bridgehead atoms. The standard InChI is InChI=1S/C19H26N2O5S/c1-4-5-19(23)26-13-18(22)20-16-6-8-17(9-7-16)27(24,25)21-11-14(2)10-15(3)12-21/h4-9,14-15H,10-13H2,1-3H3,(H,20,22)/b5-4+/t14-,15+. The van der Waals surface area contributed by atoms with Crippen LogP contribution in [0.3, 0.4) is 0 Å². The molecule has 148 valence electrons. The van der Waals surface area contributed by atoms with E-state index in [1.807, 2.05) is 0 Å². The van der Waals surface area contributed by atoms with Crippen LogP contribution >= 0.6 is 0 Å². The lowest BCUT2D eigenvalue weighted by molar-refractivity contribution is -0.142. The van der Waals surface area contributed by atoms with Crippen LogP contribution in [0.15, 0.2) is 41.3 Å². The third-order valence-electron chi connectivity index (χ3n) is 4.26. The van der Waals surface area contributed by atoms with Crippen LogP contribution in [0.1, 0.15) is 27.2 Å². The molecule has 8 heteroatoms. The Bertz CT molecular complexity index is 792. The second kappa shape index (κ2) is 9.14. The van der Waals surface area contributed by atoms with Gasteiger partial charge in [-0.05, 0) is 49.4 Å². The Hall–Kier alpha value is -2.19. The van der Waals surface area contributed by atoms with Gasteiger partial charge in [-0.1, -0.05) is 19.9 Å². The predicted molar refractivity (Wildman–Crippen MR) is 103 cm³/mol. The van der Waals surface area contributed by atoms with Gasteiger partial charge in [-0.3, -0.25) is 4.79 Å². The summed E-state index contributed by atoms with van der Waals surface area (Å²) in [7, 11) is -3.56. The van der Waals surface area contributed by atoms with Gasteiger partial charge in [-0.15, -0.1) is 0 Å². The van der Waals surface area contributed by atoms with Crippen molar-refractivity contribution in [1.82, 2.24) is 4.31 Å². The molecule has 2 atom stereocenters. The van der Waals surface area contributed by atoms with Gasteiger partial charge in [0, 0.05) is 24.9 Å². The van der Waals surface area contributed by atoms with Crippen LogP contribution < -0.4 is 5.32 Å². The average molecular weight is 394 g/mol. The van der Waals surface area contributed by atoms with Gasteiger partial charge in [0.15, 0.2) is 6.61 Å². The fourth-order valence-corrected chi connectivity index (χ4v) is 4.86. The molecular formula is C19H26N2O5S. The first-order valence-corrected chi connectivity index (χ1v) is 10.4. The fourth-order valence-electron chi connectivity index (χ4n) is 3.18. The molecule has 7 nitrogen and oxygen atoms in total. The summed E-state index contributed by atoms with van der Waals surface area (Å²) in [5.41, 5.74) is 0.432. The molecule has 0 aliphatic carbocycles. The summed E-state index contributed by atoms with van der Waals surface area (Å²) in [5.74, 6) is -0.444. The molecule has 1 saturated heterocycles. The molecule has 1 amide bonds. The zero-order valence-corrected chi connectivity index (χ0v) is 16.7. The minimum atomic E-state index is -3.56. The maximum atomic E-state index is 12.8. The number of ether oxygens (including phenoxy) is 1. The van der Waals surface area contributed by atoms with Crippen LogP contribution in [0.4, 0.5) is 5.69 Å². The number of amides is 1. The molecule has 1 aromatic carbocycles. The van der Waals surface area contributed by atoms with Crippen molar-refractivity contribution in [2.75, 3.05) is 25.0 Å². The van der Waals surface area contributed by atoms with E-state index in [1.54, 1.807) is 6.92 Å². The number of sulfonamides is 1. The summed E-state index contributed by atoms with van der Waals surface area (Å²) in [4.78, 5) is 23.2. The molecule has 1 heterocycles. The first-order valence-electron chi connectivity index (χ1n) is 8.92. The number of hydrogen-bond donors (Lipinski definition) is 1. The van der Waals surface area contributed by atoms with E-state index in [4.69, 9.17) is 4.74 Å². The Labute approximate surface area is 160 Å². The molecule has 1 N–H and O–H groups in total. The Kier molecular flexibility index (Phi) is 7.15. The fraction of sp³-hybridized carbons (Fsp3) is 0.474. The van der Waals surface area contributed by atoms with Gasteiger partial charge in [0.1, 0.15) is 0 Å². The van der Waals surface area contributed by atoms with Crippen molar-refractivity contribution in [2.45, 2.75) is 32.1 Å². The van der Waals surface area contributed by atoms with Gasteiger partial charge >= 0.3 is 5.97 Å². The van der Waals surface area contributed by atoms with Crippen molar-refractivity contribution < 1.29 is 22.7 Å². The molecule has 1 aliphatic rings. The highest BCUT2D eigenvalue weighted by Gasteiger charge is 2.31. The monoisotopic (exact) mass is 394 g/mol. The quantitative estimate of drug-likeness (QED) is 0.591. The third-order valence-corrected chi connectivity index (χ3v) is 6.11. The van der Waals surface area contributed by atoms with Crippen LogP contribution in [0, 0.1) is 11.8 Å². The normalized spacial score (nSPS) is 21.1. The number of nitrogens with one attached hydrogen (secondary N) is 1. The van der Waals surface area contributed by atoms with Gasteiger partial charge < -0.3 is 10.1 Å². The van der Waals surface area contributed by atoms with Crippen molar-refractivity contribution >= 4 is 27.6 Å². The Morgan fingerprint density at radius 3 is 2.33 bits per heavy atom. The number of rotatable bonds is 6. The van der Waals surface area contributed by atoms with Crippen LogP contribution in [0.5, 0.6) is 0 Å². The second-order valence-corrected chi connectivity index (χ2v) is 8.89. The lowest BCUT2D eigenvalue weighted by Crippen LogP contribution is -2.42. The number of esters is 1. The number of piperidine rings is 1. The molecule has 0 aromatic heterocycles. The van der Waals surface area contributed by atoms with E-state index in [9.17, 15) is 18.0 Å². The Morgan fingerprint density at radius 1 is 1.19 bits per heavy atom. The second-order valence-electron chi connectivity index (χ2n) is 6.95. The van der Waals surface area contributed by atoms with Crippen molar-refractivity contribution in [3.8, 4) is 0 Å². The highest BCUT2D eigenvalue weighted by molar-refractivity contribution is 7.89. The first kappa shape index (κ1) is 21.1. The summed E-state index contributed by atoms with van der Waals surface area (Å²) < 4.78 is 31.9. The Morgan fingerprint density at radius 2 is 1.78 bits per heavy atom. The average Bonchev–Trinajstić information content (AvgIpc) is 2.60. The molecule has 0 unspecified atom stereocenters. The van der Waals surface area contributed by atoms with E-state index in [1.165, 1.54) is 40.7 Å². The molecule has 1 aromatic rings. The van der Waals surface area contributed by atoms with Crippen LogP contribution in [-0.4, -0.2) is 44.3 Å². The number of anilines is 1. The van der Waals surface area contributed by atoms with Crippen LogP contribution in [0.2, 0.25) is 0 Å². The number of carbonyl (C=O) groups excluding carboxylic acids is 2. The minimum absolute atomic E-state index is 0.196. The van der Waals surface area contributed by atoms with Crippen molar-refractivity contribution in [3.63, 3.8) is 0 Å². The maximum absolute atomic E-state index is 12.8. The third kappa shape index (κ3) is 5.90. The van der Waals surface area contributed by atoms with Gasteiger partial charge in [0.25, 0.3) is 5.91 Å². The lowest BCUT2D eigenvalue weighted by Gasteiger charge is -2.34. The lowest BCUT2D eigenvalue weighted by atomic mass is 9.94. The van der Waals surface area contributed by atoms with Gasteiger partial charge in [-0.2, -0.15) is 4.31 Å². The topological polar surface area (TPSA) is 92.8 Å². The smallest absolute Gasteiger partial charge is 0.330 e. The summed E-state index contributed by atoms with van der Waals surface area (Å²) >= 11 is 0. The Balaban J connectivity index is 1.99. The minimum Gasteiger partial charge on any atom is -0.452 e. The van der Waals surface area contributed by atoms with E-state index in [0.717, 1.165) is 6.42 Å². The molecule has 2 rings (SSSR count). The summed E-state index contributed by atoms with van der Waals surface area (Å²) in [6.07, 6.45) is 3.76. The number of benzene rings is 1. The van der Waals surface area contributed by atoms with Gasteiger partial charge in [0.2, 0.25) is 10.0 Å². The number of hydrogen-bond acceptors (Lipinski definition) is 5. The van der Waals surface area contributed by atoms with Gasteiger partial charge in [-0.25, -0.2) is 13.2 Å². The molecule has 1 aliphatic heterocycles. The maximum Gasteiger partial charge on any atom is 0.330 e. The van der Waals surface area contributed by atoms with Crippen molar-refractivity contribution in [2.24, 2.45) is 11.8 Å². The summed E-state index contributed by atoms with van der Waals surface area (Å²) in [6.45, 7) is 6.40. The molecule has 0 saturated carbocycles. The molecule has 0 radical (unpaired) electrons.